The first kappa shape index (κ1) is 14.2. The van der Waals surface area contributed by atoms with Crippen molar-refractivity contribution in [3.8, 4) is 0 Å². The number of nitrogens with one attached hydrogen (secondary N) is 1. The summed E-state index contributed by atoms with van der Waals surface area (Å²) in [6.07, 6.45) is 1.82. The first-order valence-corrected chi connectivity index (χ1v) is 6.03. The molecular formula is C14H19ClFN. The minimum Gasteiger partial charge on any atom is -0.308 e. The Bertz CT molecular complexity index is 419. The Hall–Kier alpha value is -0.860. The van der Waals surface area contributed by atoms with Crippen LogP contribution in [0.4, 0.5) is 4.39 Å². The van der Waals surface area contributed by atoms with Gasteiger partial charge in [0.15, 0.2) is 0 Å². The van der Waals surface area contributed by atoms with E-state index >= 15 is 0 Å². The van der Waals surface area contributed by atoms with Gasteiger partial charge in [-0.15, -0.1) is 0 Å². The van der Waals surface area contributed by atoms with Gasteiger partial charge >= 0.3 is 0 Å². The Morgan fingerprint density at radius 2 is 2.06 bits per heavy atom. The van der Waals surface area contributed by atoms with Crippen molar-refractivity contribution in [2.45, 2.75) is 33.2 Å². The van der Waals surface area contributed by atoms with E-state index in [9.17, 15) is 4.39 Å². The second-order valence-corrected chi connectivity index (χ2v) is 5.64. The van der Waals surface area contributed by atoms with Gasteiger partial charge in [0.1, 0.15) is 5.82 Å². The molecule has 1 rings (SSSR count). The fourth-order valence-corrected chi connectivity index (χ4v) is 1.53. The maximum Gasteiger partial charge on any atom is 0.148 e. The number of benzene rings is 1. The molecule has 0 radical (unpaired) electrons. The molecule has 17 heavy (non-hydrogen) atoms. The molecule has 1 aromatic carbocycles. The van der Waals surface area contributed by atoms with Crippen molar-refractivity contribution in [2.24, 2.45) is 0 Å². The molecule has 0 saturated heterocycles. The van der Waals surface area contributed by atoms with Crippen molar-refractivity contribution in [3.05, 3.63) is 40.2 Å². The molecule has 0 amide bonds. The predicted octanol–water partition coefficient (Wildman–Crippen LogP) is 4.27. The van der Waals surface area contributed by atoms with Gasteiger partial charge in [0, 0.05) is 17.6 Å². The molecule has 0 aromatic heterocycles. The van der Waals surface area contributed by atoms with E-state index in [1.807, 2.05) is 13.0 Å². The van der Waals surface area contributed by atoms with Crippen LogP contribution in [0.5, 0.6) is 0 Å². The number of rotatable bonds is 3. The maximum atomic E-state index is 13.6. The molecular weight excluding hydrogens is 237 g/mol. The first-order chi connectivity index (χ1) is 7.79. The van der Waals surface area contributed by atoms with Crippen molar-refractivity contribution < 1.29 is 4.39 Å². The van der Waals surface area contributed by atoms with Crippen molar-refractivity contribution in [1.82, 2.24) is 5.32 Å². The summed E-state index contributed by atoms with van der Waals surface area (Å²) in [5.41, 5.74) is 1.66. The Labute approximate surface area is 108 Å². The third kappa shape index (κ3) is 4.88. The van der Waals surface area contributed by atoms with Gasteiger partial charge in [0.25, 0.3) is 0 Å². The zero-order valence-corrected chi connectivity index (χ0v) is 11.5. The van der Waals surface area contributed by atoms with E-state index in [0.29, 0.717) is 5.56 Å². The molecule has 1 nitrogen and oxygen atoms in total. The summed E-state index contributed by atoms with van der Waals surface area (Å²) in [5, 5.41) is 3.51. The zero-order chi connectivity index (χ0) is 13.1. The Balaban J connectivity index is 2.78. The van der Waals surface area contributed by atoms with Gasteiger partial charge in [0.2, 0.25) is 0 Å². The average Bonchev–Trinajstić information content (AvgIpc) is 2.21. The van der Waals surface area contributed by atoms with Crippen molar-refractivity contribution >= 4 is 17.7 Å². The molecule has 1 aromatic rings. The van der Waals surface area contributed by atoms with E-state index in [0.717, 1.165) is 12.1 Å². The van der Waals surface area contributed by atoms with Gasteiger partial charge in [-0.25, -0.2) is 4.39 Å². The second kappa shape index (κ2) is 5.65. The molecule has 0 aliphatic carbocycles. The lowest BCUT2D eigenvalue weighted by molar-refractivity contribution is 0.445. The fourth-order valence-electron chi connectivity index (χ4n) is 1.35. The highest BCUT2D eigenvalue weighted by Crippen LogP contribution is 2.20. The van der Waals surface area contributed by atoms with Crippen LogP contribution in [0.1, 0.15) is 33.3 Å². The van der Waals surface area contributed by atoms with Crippen LogP contribution in [0.2, 0.25) is 5.02 Å². The topological polar surface area (TPSA) is 12.0 Å². The first-order valence-electron chi connectivity index (χ1n) is 5.66. The summed E-state index contributed by atoms with van der Waals surface area (Å²) in [6, 6.07) is 5.03. The third-order valence-corrected chi connectivity index (χ3v) is 2.57. The smallest absolute Gasteiger partial charge is 0.148 e. The molecule has 0 atom stereocenters. The fraction of sp³-hybridized carbons (Fsp3) is 0.429. The van der Waals surface area contributed by atoms with E-state index in [-0.39, 0.29) is 16.4 Å². The standard InChI is InChI=1S/C14H19ClFN/c1-10(9-17-14(2,3)4)8-11-6-5-7-12(15)13(11)16/h5-8,17H,9H2,1-4H3/b10-8-. The minimum absolute atomic E-state index is 0.0575. The molecule has 0 saturated carbocycles. The van der Waals surface area contributed by atoms with Gasteiger partial charge in [-0.1, -0.05) is 35.4 Å². The third-order valence-electron chi connectivity index (χ3n) is 2.28. The van der Waals surface area contributed by atoms with Gasteiger partial charge in [0.05, 0.1) is 5.02 Å². The van der Waals surface area contributed by atoms with Gasteiger partial charge in [-0.2, -0.15) is 0 Å². The lowest BCUT2D eigenvalue weighted by atomic mass is 10.1. The normalized spacial score (nSPS) is 12.9. The van der Waals surface area contributed by atoms with Crippen molar-refractivity contribution in [3.63, 3.8) is 0 Å². The number of hydrogen-bond donors (Lipinski definition) is 1. The lowest BCUT2D eigenvalue weighted by Gasteiger charge is -2.20. The lowest BCUT2D eigenvalue weighted by Crippen LogP contribution is -2.36. The molecule has 0 spiro atoms. The van der Waals surface area contributed by atoms with Crippen LogP contribution >= 0.6 is 11.6 Å². The van der Waals surface area contributed by atoms with E-state index in [2.05, 4.69) is 26.1 Å². The molecule has 0 bridgehead atoms. The van der Waals surface area contributed by atoms with Gasteiger partial charge in [-0.05, 0) is 33.8 Å². The molecule has 0 aliphatic rings. The van der Waals surface area contributed by atoms with E-state index in [1.165, 1.54) is 0 Å². The molecule has 0 unspecified atom stereocenters. The van der Waals surface area contributed by atoms with Crippen LogP contribution in [0, 0.1) is 5.82 Å². The van der Waals surface area contributed by atoms with E-state index in [4.69, 9.17) is 11.6 Å². The molecule has 0 fully saturated rings. The van der Waals surface area contributed by atoms with Crippen LogP contribution in [0.15, 0.2) is 23.8 Å². The Morgan fingerprint density at radius 1 is 1.41 bits per heavy atom. The zero-order valence-electron chi connectivity index (χ0n) is 10.8. The summed E-state index contributed by atoms with van der Waals surface area (Å²) in [7, 11) is 0. The molecule has 0 aliphatic heterocycles. The van der Waals surface area contributed by atoms with Gasteiger partial charge < -0.3 is 5.32 Å². The van der Waals surface area contributed by atoms with Crippen LogP contribution in [0.3, 0.4) is 0 Å². The highest BCUT2D eigenvalue weighted by Gasteiger charge is 2.08. The largest absolute Gasteiger partial charge is 0.308 e. The molecule has 0 heterocycles. The van der Waals surface area contributed by atoms with Crippen molar-refractivity contribution in [2.75, 3.05) is 6.54 Å². The Kier molecular flexibility index (Phi) is 4.72. The number of halogens is 2. The van der Waals surface area contributed by atoms with Crippen LogP contribution in [0.25, 0.3) is 6.08 Å². The monoisotopic (exact) mass is 255 g/mol. The number of hydrogen-bond acceptors (Lipinski definition) is 1. The Morgan fingerprint density at radius 3 is 2.65 bits per heavy atom. The molecule has 3 heteroatoms. The quantitative estimate of drug-likeness (QED) is 0.851. The minimum atomic E-state index is -0.357. The summed E-state index contributed by atoms with van der Waals surface area (Å²) in [4.78, 5) is 0. The summed E-state index contributed by atoms with van der Waals surface area (Å²) in [5.74, 6) is -0.357. The highest BCUT2D eigenvalue weighted by atomic mass is 35.5. The SMILES string of the molecule is C/C(=C/c1cccc(Cl)c1F)CNC(C)(C)C. The summed E-state index contributed by atoms with van der Waals surface area (Å²) >= 11 is 5.73. The molecule has 94 valence electrons. The highest BCUT2D eigenvalue weighted by molar-refractivity contribution is 6.30. The van der Waals surface area contributed by atoms with Crippen LogP contribution in [-0.2, 0) is 0 Å². The van der Waals surface area contributed by atoms with Gasteiger partial charge in [-0.3, -0.25) is 0 Å². The predicted molar refractivity (Wildman–Crippen MR) is 72.8 cm³/mol. The molecule has 1 N–H and O–H groups in total. The van der Waals surface area contributed by atoms with Crippen LogP contribution in [-0.4, -0.2) is 12.1 Å². The maximum absolute atomic E-state index is 13.6. The van der Waals surface area contributed by atoms with Crippen LogP contribution < -0.4 is 5.32 Å². The van der Waals surface area contributed by atoms with E-state index < -0.39 is 0 Å². The average molecular weight is 256 g/mol. The van der Waals surface area contributed by atoms with Crippen molar-refractivity contribution in [1.29, 1.82) is 0 Å². The second-order valence-electron chi connectivity index (χ2n) is 5.24. The van der Waals surface area contributed by atoms with E-state index in [1.54, 1.807) is 18.2 Å². The summed E-state index contributed by atoms with van der Waals surface area (Å²) in [6.45, 7) is 9.00. The summed E-state index contributed by atoms with van der Waals surface area (Å²) < 4.78 is 13.6.